The molecule has 1 aromatic heterocycles. The zero-order valence-corrected chi connectivity index (χ0v) is 24.5. The molecule has 11 heteroatoms. The third kappa shape index (κ3) is 9.15. The van der Waals surface area contributed by atoms with E-state index in [1.165, 1.54) is 19.3 Å². The molecular weight excluding hydrogens is 536 g/mol. The molecule has 0 spiro atoms. The fraction of sp³-hybridized carbons (Fsp3) is 0.548. The van der Waals surface area contributed by atoms with Crippen LogP contribution in [0.5, 0.6) is 5.75 Å². The van der Waals surface area contributed by atoms with Crippen LogP contribution < -0.4 is 21.1 Å². The first kappa shape index (κ1) is 31.2. The maximum absolute atomic E-state index is 12.5. The molecule has 1 unspecified atom stereocenters. The van der Waals surface area contributed by atoms with Crippen molar-refractivity contribution in [3.05, 3.63) is 63.9 Å². The van der Waals surface area contributed by atoms with Gasteiger partial charge in [0.05, 0.1) is 17.6 Å². The monoisotopic (exact) mass is 580 g/mol. The molecule has 4 N–H and O–H groups in total. The lowest BCUT2D eigenvalue weighted by molar-refractivity contribution is 0.0559. The number of nitrogens with zero attached hydrogens (tertiary/aromatic N) is 3. The third-order valence-electron chi connectivity index (χ3n) is 7.83. The largest absolute Gasteiger partial charge is 0.491 e. The number of para-hydroxylation sites is 2. The molecule has 2 aromatic carbocycles. The zero-order chi connectivity index (χ0) is 29.7. The summed E-state index contributed by atoms with van der Waals surface area (Å²) in [6.45, 7) is 4.72. The molecule has 11 nitrogen and oxygen atoms in total. The summed E-state index contributed by atoms with van der Waals surface area (Å²) in [5.74, 6) is 0.648. The normalized spacial score (nSPS) is 17.2. The predicted molar refractivity (Wildman–Crippen MR) is 165 cm³/mol. The van der Waals surface area contributed by atoms with Crippen LogP contribution in [0.2, 0.25) is 0 Å². The molecular formula is C31H44N6O5. The van der Waals surface area contributed by atoms with Crippen LogP contribution in [0.15, 0.2) is 58.5 Å². The summed E-state index contributed by atoms with van der Waals surface area (Å²) in [5.41, 5.74) is 2.47. The fourth-order valence-electron chi connectivity index (χ4n) is 5.67. The van der Waals surface area contributed by atoms with E-state index < -0.39 is 6.10 Å². The number of urea groups is 1. The average Bonchev–Trinajstić information content (AvgIpc) is 3.34. The molecule has 2 heterocycles. The molecule has 1 saturated carbocycles. The Morgan fingerprint density at radius 3 is 2.45 bits per heavy atom. The predicted octanol–water partition coefficient (Wildman–Crippen LogP) is 5.02. The quantitative estimate of drug-likeness (QED) is 0.248. The topological polar surface area (TPSA) is 141 Å². The van der Waals surface area contributed by atoms with E-state index in [0.717, 1.165) is 56.2 Å². The second kappa shape index (κ2) is 16.1. The minimum Gasteiger partial charge on any atom is -0.491 e. The molecule has 2 fully saturated rings. The van der Waals surface area contributed by atoms with Gasteiger partial charge in [-0.1, -0.05) is 43.5 Å². The van der Waals surface area contributed by atoms with Crippen LogP contribution in [0.4, 0.5) is 10.5 Å². The number of hydrogen-bond acceptors (Lipinski definition) is 7. The number of nitrogens with one attached hydrogen (secondary N) is 3. The number of carbonyl (C=O) groups excluding carboxylic acids is 1. The molecule has 2 aliphatic rings. The maximum Gasteiger partial charge on any atom is 0.326 e. The second-order valence-electron chi connectivity index (χ2n) is 11.1. The van der Waals surface area contributed by atoms with Crippen LogP contribution in [0, 0.1) is 4.91 Å². The van der Waals surface area contributed by atoms with E-state index in [-0.39, 0.29) is 30.4 Å². The summed E-state index contributed by atoms with van der Waals surface area (Å²) < 4.78 is 7.66. The van der Waals surface area contributed by atoms with Gasteiger partial charge in [0.2, 0.25) is 0 Å². The Hall–Kier alpha value is -3.70. The Morgan fingerprint density at radius 1 is 1.07 bits per heavy atom. The van der Waals surface area contributed by atoms with Crippen LogP contribution >= 0.6 is 0 Å². The maximum atomic E-state index is 12.5. The van der Waals surface area contributed by atoms with Gasteiger partial charge in [-0.2, -0.15) is 4.91 Å². The fourth-order valence-corrected chi connectivity index (χ4v) is 5.67. The first-order valence-electron chi connectivity index (χ1n) is 15.2. The number of likely N-dealkylation sites (tertiary alicyclic amines) is 1. The highest BCUT2D eigenvalue weighted by Gasteiger charge is 2.25. The zero-order valence-electron chi connectivity index (χ0n) is 24.5. The van der Waals surface area contributed by atoms with E-state index in [4.69, 9.17) is 9.64 Å². The number of aliphatic hydroxyl groups excluding tert-OH is 1. The van der Waals surface area contributed by atoms with Gasteiger partial charge in [-0.05, 0) is 68.5 Å². The lowest BCUT2D eigenvalue weighted by Crippen LogP contribution is -2.42. The minimum absolute atomic E-state index is 0.0563. The van der Waals surface area contributed by atoms with Gasteiger partial charge in [0, 0.05) is 37.4 Å². The van der Waals surface area contributed by atoms with Gasteiger partial charge in [0.1, 0.15) is 18.5 Å². The highest BCUT2D eigenvalue weighted by atomic mass is 16.5. The van der Waals surface area contributed by atoms with Crippen LogP contribution in [0.1, 0.15) is 64.3 Å². The van der Waals surface area contributed by atoms with Crippen molar-refractivity contribution < 1.29 is 14.6 Å². The number of hydrogen-bond donors (Lipinski definition) is 4. The summed E-state index contributed by atoms with van der Waals surface area (Å²) in [6.07, 6.45) is 7.66. The van der Waals surface area contributed by atoms with E-state index in [0.29, 0.717) is 24.5 Å². The van der Waals surface area contributed by atoms with E-state index >= 15 is 0 Å². The Morgan fingerprint density at radius 2 is 1.79 bits per heavy atom. The van der Waals surface area contributed by atoms with Crippen molar-refractivity contribution in [2.24, 2.45) is 5.18 Å². The first-order chi connectivity index (χ1) is 20.5. The number of ether oxygens (including phenoxy) is 1. The number of nitroso groups, excluding NO2 is 1. The van der Waals surface area contributed by atoms with Gasteiger partial charge in [-0.15, -0.1) is 0 Å². The number of β-amino-alcohol motifs (C(OH)–C–C–N with tert-alkyl or cyclic N) is 1. The highest BCUT2D eigenvalue weighted by molar-refractivity contribution is 5.89. The molecule has 42 heavy (non-hydrogen) atoms. The third-order valence-corrected chi connectivity index (χ3v) is 7.83. The van der Waals surface area contributed by atoms with E-state index in [1.54, 1.807) is 24.3 Å². The van der Waals surface area contributed by atoms with Crippen molar-refractivity contribution in [3.8, 4) is 5.75 Å². The van der Waals surface area contributed by atoms with Crippen molar-refractivity contribution in [1.82, 2.24) is 19.8 Å². The smallest absolute Gasteiger partial charge is 0.326 e. The Labute approximate surface area is 246 Å². The number of carbonyl (C=O) groups is 1. The van der Waals surface area contributed by atoms with Gasteiger partial charge in [0.25, 0.3) is 0 Å². The highest BCUT2D eigenvalue weighted by Crippen LogP contribution is 2.25. The van der Waals surface area contributed by atoms with Crippen LogP contribution in [0.3, 0.4) is 0 Å². The molecule has 1 atom stereocenters. The average molecular weight is 581 g/mol. The second-order valence-corrected chi connectivity index (χ2v) is 11.1. The summed E-state index contributed by atoms with van der Waals surface area (Å²) >= 11 is 0. The molecule has 3 aromatic rings. The first-order valence-corrected chi connectivity index (χ1v) is 15.2. The molecule has 1 saturated heterocycles. The van der Waals surface area contributed by atoms with Crippen molar-refractivity contribution in [2.75, 3.05) is 38.1 Å². The number of H-pyrrole nitrogens is 1. The number of benzene rings is 2. The summed E-state index contributed by atoms with van der Waals surface area (Å²) in [7, 11) is 0. The number of anilines is 1. The molecule has 228 valence electrons. The molecule has 0 radical (unpaired) electrons. The lowest BCUT2D eigenvalue weighted by atomic mass is 9.96. The lowest BCUT2D eigenvalue weighted by Gasteiger charge is -2.33. The number of aromatic nitrogens is 2. The number of amides is 2. The van der Waals surface area contributed by atoms with Gasteiger partial charge in [-0.25, -0.2) is 9.59 Å². The summed E-state index contributed by atoms with van der Waals surface area (Å²) in [5, 5.41) is 19.1. The Balaban J connectivity index is 0.000000748. The van der Waals surface area contributed by atoms with Gasteiger partial charge >= 0.3 is 11.7 Å². The minimum atomic E-state index is -0.619. The van der Waals surface area contributed by atoms with Crippen molar-refractivity contribution in [1.29, 1.82) is 0 Å². The van der Waals surface area contributed by atoms with Crippen LogP contribution in [-0.4, -0.2) is 70.5 Å². The number of fused-ring (bicyclic) bond motifs is 1. The number of rotatable bonds is 10. The summed E-state index contributed by atoms with van der Waals surface area (Å²) in [6, 6.07) is 15.3. The van der Waals surface area contributed by atoms with Crippen molar-refractivity contribution >= 4 is 22.8 Å². The molecule has 2 amide bonds. The Bertz CT molecular complexity index is 1310. The van der Waals surface area contributed by atoms with E-state index in [2.05, 4.69) is 25.7 Å². The molecule has 1 aliphatic heterocycles. The number of imidazole rings is 1. The molecule has 1 aliphatic carbocycles. The molecule has 0 bridgehead atoms. The van der Waals surface area contributed by atoms with Gasteiger partial charge in [-0.3, -0.25) is 4.57 Å². The van der Waals surface area contributed by atoms with E-state index in [1.807, 2.05) is 35.8 Å². The van der Waals surface area contributed by atoms with Crippen LogP contribution in [0.25, 0.3) is 11.0 Å². The van der Waals surface area contributed by atoms with Gasteiger partial charge < -0.3 is 30.4 Å². The number of aliphatic hydroxyl groups is 1. The van der Waals surface area contributed by atoms with Crippen LogP contribution in [-0.2, 0) is 0 Å². The van der Waals surface area contributed by atoms with Gasteiger partial charge in [0.15, 0.2) is 0 Å². The number of piperidine rings is 1. The summed E-state index contributed by atoms with van der Waals surface area (Å²) in [4.78, 5) is 39.0. The SMILES string of the molecule is CCCN=O.O=C(Nc1ccc(OCC(O)CN2CCC(n3c(=O)[nH]c4ccccc43)CC2)cc1)NC1CCCCC1. The molecule has 5 rings (SSSR count). The standard InChI is InChI=1S/C28H37N5O4.C3H7NO/c34-23(18-32-16-14-22(15-17-32)33-26-9-5-4-8-25(26)31-28(33)36)19-37-24-12-10-21(11-13-24)30-27(35)29-20-6-2-1-3-7-20;1-2-3-4-5/h4-5,8-13,20,22-23,34H,1-3,6-7,14-19H2,(H,31,36)(H2,29,30,35);2-3H2,1H3. The van der Waals surface area contributed by atoms with E-state index in [9.17, 15) is 14.7 Å². The Kier molecular flexibility index (Phi) is 12.0. The van der Waals surface area contributed by atoms with Crippen molar-refractivity contribution in [2.45, 2.75) is 76.5 Å². The number of aromatic amines is 1. The van der Waals surface area contributed by atoms with Crippen molar-refractivity contribution in [3.63, 3.8) is 0 Å².